The van der Waals surface area contributed by atoms with E-state index < -0.39 is 34.3 Å². The quantitative estimate of drug-likeness (QED) is 0.286. The van der Waals surface area contributed by atoms with Crippen LogP contribution in [0, 0.1) is 0 Å². The molecule has 102 valence electrons. The molecule has 0 fully saturated rings. The van der Waals surface area contributed by atoms with E-state index in [0.29, 0.717) is 6.08 Å². The molecule has 0 aliphatic heterocycles. The summed E-state index contributed by atoms with van der Waals surface area (Å²) in [7, 11) is -14.3. The summed E-state index contributed by atoms with van der Waals surface area (Å²) in [5, 5.41) is -2.29. The number of allylic oxidation sites excluding steroid dienone is 2. The second-order valence-electron chi connectivity index (χ2n) is 3.20. The first-order valence-electron chi connectivity index (χ1n) is 4.16. The molecule has 0 heterocycles. The summed E-state index contributed by atoms with van der Waals surface area (Å²) in [6.07, 6.45) is 0.679. The highest BCUT2D eigenvalue weighted by atomic mass is 31.2. The highest BCUT2D eigenvalue weighted by Crippen LogP contribution is 2.60. The number of hydrogen-bond acceptors (Lipinski definition) is 3. The van der Waals surface area contributed by atoms with Crippen LogP contribution < -0.4 is 0 Å². The highest BCUT2D eigenvalue weighted by molar-refractivity contribution is 7.71. The minimum atomic E-state index is -5.02. The Hall–Kier alpha value is 0.190. The van der Waals surface area contributed by atoms with Gasteiger partial charge in [0.2, 0.25) is 0 Å². The van der Waals surface area contributed by atoms with Gasteiger partial charge in [0, 0.05) is 0 Å². The van der Waals surface area contributed by atoms with Gasteiger partial charge in [0.15, 0.2) is 5.40 Å². The molecule has 0 saturated carbocycles. The summed E-state index contributed by atoms with van der Waals surface area (Å²) >= 11 is 0. The molecule has 0 aromatic carbocycles. The predicted molar refractivity (Wildman–Crippen MR) is 58.5 cm³/mol. The minimum Gasteiger partial charge on any atom is -0.324 e. The van der Waals surface area contributed by atoms with Gasteiger partial charge in [-0.1, -0.05) is 12.2 Å². The molecule has 9 nitrogen and oxygen atoms in total. The van der Waals surface area contributed by atoms with Crippen molar-refractivity contribution >= 4 is 22.8 Å². The van der Waals surface area contributed by atoms with E-state index in [-0.39, 0.29) is 6.42 Å². The molecule has 17 heavy (non-hydrogen) atoms. The molecule has 0 saturated heterocycles. The lowest BCUT2D eigenvalue weighted by atomic mass is 10.4. The van der Waals surface area contributed by atoms with Crippen LogP contribution in [0.4, 0.5) is 0 Å². The first-order valence-corrected chi connectivity index (χ1v) is 9.32. The Bertz CT molecular complexity index is 388. The van der Waals surface area contributed by atoms with Crippen LogP contribution in [-0.2, 0) is 13.7 Å². The zero-order valence-electron chi connectivity index (χ0n) is 8.40. The van der Waals surface area contributed by atoms with Crippen LogP contribution in [0.25, 0.3) is 0 Å². The third kappa shape index (κ3) is 8.00. The van der Waals surface area contributed by atoms with Gasteiger partial charge in [0.05, 0.1) is 6.16 Å². The fourth-order valence-electron chi connectivity index (χ4n) is 0.881. The summed E-state index contributed by atoms with van der Waals surface area (Å²) in [4.78, 5) is 51.7. The summed E-state index contributed by atoms with van der Waals surface area (Å²) in [6.45, 7) is 0. The topological polar surface area (TPSA) is 173 Å². The van der Waals surface area contributed by atoms with Gasteiger partial charge in [-0.2, -0.15) is 0 Å². The fraction of sp³-hybridized carbons (Fsp3) is 0.600. The van der Waals surface area contributed by atoms with Gasteiger partial charge in [0.1, 0.15) is 0 Å². The minimum absolute atomic E-state index is 0.249. The van der Waals surface area contributed by atoms with Crippen molar-refractivity contribution in [2.24, 2.45) is 0 Å². The van der Waals surface area contributed by atoms with E-state index in [1.807, 2.05) is 0 Å². The lowest BCUT2D eigenvalue weighted by Gasteiger charge is -2.15. The molecule has 0 unspecified atom stereocenters. The summed E-state index contributed by atoms with van der Waals surface area (Å²) in [5.74, 6) is 0. The Balaban J connectivity index is 4.70. The normalized spacial score (nSPS) is 14.8. The maximum atomic E-state index is 10.8. The second kappa shape index (κ2) is 5.89. The van der Waals surface area contributed by atoms with Crippen molar-refractivity contribution in [2.75, 3.05) is 6.16 Å². The SMILES string of the molecule is O=P(O)(O)CC/C=C/C(P(=O)(O)O)P(=O)(O)O. The molecule has 0 aliphatic carbocycles. The Labute approximate surface area is 96.7 Å². The van der Waals surface area contributed by atoms with Gasteiger partial charge in [-0.05, 0) is 6.42 Å². The molecule has 6 N–H and O–H groups in total. The van der Waals surface area contributed by atoms with E-state index in [2.05, 4.69) is 0 Å². The summed E-state index contributed by atoms with van der Waals surface area (Å²) in [5.41, 5.74) is 0. The maximum Gasteiger partial charge on any atom is 0.344 e. The first-order chi connectivity index (χ1) is 7.34. The van der Waals surface area contributed by atoms with E-state index in [1.54, 1.807) is 0 Å². The zero-order chi connectivity index (χ0) is 13.9. The molecule has 0 radical (unpaired) electrons. The molecule has 0 aromatic heterocycles. The van der Waals surface area contributed by atoms with Crippen molar-refractivity contribution in [1.29, 1.82) is 0 Å². The van der Waals surface area contributed by atoms with Gasteiger partial charge in [-0.3, -0.25) is 13.7 Å². The van der Waals surface area contributed by atoms with Crippen LogP contribution in [0.3, 0.4) is 0 Å². The average molecular weight is 310 g/mol. The molecular weight excluding hydrogens is 297 g/mol. The third-order valence-electron chi connectivity index (χ3n) is 1.58. The van der Waals surface area contributed by atoms with Crippen molar-refractivity contribution < 1.29 is 43.1 Å². The molecule has 12 heteroatoms. The largest absolute Gasteiger partial charge is 0.344 e. The zero-order valence-corrected chi connectivity index (χ0v) is 11.1. The van der Waals surface area contributed by atoms with Crippen LogP contribution in [0.5, 0.6) is 0 Å². The molecular formula is C5H13O9P3. The first kappa shape index (κ1) is 17.2. The Morgan fingerprint density at radius 3 is 1.59 bits per heavy atom. The van der Waals surface area contributed by atoms with Gasteiger partial charge in [-0.25, -0.2) is 0 Å². The Kier molecular flexibility index (Phi) is 5.95. The predicted octanol–water partition coefficient (Wildman–Crippen LogP) is -0.208. The standard InChI is InChI=1S/C5H13O9P3/c6-15(7,8)4-2-1-3-5(16(9,10)11)17(12,13)14/h1,3,5H,2,4H2,(H2,6,7,8)(H2,9,10,11)(H2,12,13,14)/b3-1+. The number of rotatable bonds is 6. The smallest absolute Gasteiger partial charge is 0.324 e. The van der Waals surface area contributed by atoms with Crippen LogP contribution >= 0.6 is 22.8 Å². The third-order valence-corrected chi connectivity index (χ3v) is 5.95. The van der Waals surface area contributed by atoms with Gasteiger partial charge in [-0.15, -0.1) is 0 Å². The Morgan fingerprint density at radius 2 is 1.29 bits per heavy atom. The lowest BCUT2D eigenvalue weighted by Crippen LogP contribution is -2.05. The van der Waals surface area contributed by atoms with E-state index in [1.165, 1.54) is 0 Å². The molecule has 0 rings (SSSR count). The molecule has 0 aromatic rings. The van der Waals surface area contributed by atoms with Crippen molar-refractivity contribution in [3.05, 3.63) is 12.2 Å². The van der Waals surface area contributed by atoms with Crippen LogP contribution in [-0.4, -0.2) is 40.9 Å². The lowest BCUT2D eigenvalue weighted by molar-refractivity contribution is 0.346. The molecule has 0 spiro atoms. The van der Waals surface area contributed by atoms with Crippen LogP contribution in [0.2, 0.25) is 0 Å². The second-order valence-corrected chi connectivity index (χ2v) is 8.85. The molecule has 0 aliphatic rings. The van der Waals surface area contributed by atoms with Gasteiger partial charge in [0.25, 0.3) is 0 Å². The van der Waals surface area contributed by atoms with Crippen LogP contribution in [0.1, 0.15) is 6.42 Å². The van der Waals surface area contributed by atoms with Crippen LogP contribution in [0.15, 0.2) is 12.2 Å². The molecule has 0 bridgehead atoms. The summed E-state index contributed by atoms with van der Waals surface area (Å²) < 4.78 is 32.0. The molecule has 0 atom stereocenters. The van der Waals surface area contributed by atoms with Crippen molar-refractivity contribution in [3.8, 4) is 0 Å². The van der Waals surface area contributed by atoms with Crippen molar-refractivity contribution in [1.82, 2.24) is 0 Å². The van der Waals surface area contributed by atoms with E-state index in [4.69, 9.17) is 29.4 Å². The van der Waals surface area contributed by atoms with E-state index in [0.717, 1.165) is 6.08 Å². The monoisotopic (exact) mass is 310 g/mol. The molecule has 0 amide bonds. The maximum absolute atomic E-state index is 10.8. The van der Waals surface area contributed by atoms with Crippen molar-refractivity contribution in [2.45, 2.75) is 11.8 Å². The fourth-order valence-corrected chi connectivity index (χ4v) is 3.63. The highest BCUT2D eigenvalue weighted by Gasteiger charge is 2.41. The number of hydrogen-bond donors (Lipinski definition) is 6. The average Bonchev–Trinajstić information content (AvgIpc) is 1.95. The van der Waals surface area contributed by atoms with E-state index >= 15 is 0 Å². The summed E-state index contributed by atoms with van der Waals surface area (Å²) in [6, 6.07) is 0. The van der Waals surface area contributed by atoms with Gasteiger partial charge < -0.3 is 29.4 Å². The Morgan fingerprint density at radius 1 is 0.882 bits per heavy atom. The van der Waals surface area contributed by atoms with E-state index in [9.17, 15) is 13.7 Å². The van der Waals surface area contributed by atoms with Crippen molar-refractivity contribution in [3.63, 3.8) is 0 Å². The van der Waals surface area contributed by atoms with Gasteiger partial charge >= 0.3 is 22.8 Å².